The summed E-state index contributed by atoms with van der Waals surface area (Å²) in [5.41, 5.74) is 8.85. The van der Waals surface area contributed by atoms with Crippen molar-refractivity contribution < 1.29 is 0 Å². The first-order valence-corrected chi connectivity index (χ1v) is 6.22. The molecule has 1 aromatic heterocycles. The zero-order valence-corrected chi connectivity index (χ0v) is 11.0. The Labute approximate surface area is 112 Å². The molecule has 0 saturated heterocycles. The maximum atomic E-state index is 5.85. The van der Waals surface area contributed by atoms with Gasteiger partial charge < -0.3 is 11.1 Å². The zero-order valence-electron chi connectivity index (χ0n) is 10.3. The Morgan fingerprint density at radius 3 is 2.56 bits per heavy atom. The third-order valence-corrected chi connectivity index (χ3v) is 2.96. The second-order valence-corrected chi connectivity index (χ2v) is 4.58. The Morgan fingerprint density at radius 2 is 1.89 bits per heavy atom. The molecule has 0 unspecified atom stereocenters. The van der Waals surface area contributed by atoms with E-state index in [9.17, 15) is 0 Å². The predicted octanol–water partition coefficient (Wildman–Crippen LogP) is 3.11. The van der Waals surface area contributed by atoms with Gasteiger partial charge >= 0.3 is 0 Å². The van der Waals surface area contributed by atoms with E-state index in [1.54, 1.807) is 0 Å². The minimum Gasteiger partial charge on any atom is -0.366 e. The molecule has 4 heteroatoms. The van der Waals surface area contributed by atoms with Crippen LogP contribution in [0.1, 0.15) is 16.8 Å². The van der Waals surface area contributed by atoms with Crippen LogP contribution in [0.4, 0.5) is 5.82 Å². The highest BCUT2D eigenvalue weighted by Gasteiger charge is 2.02. The highest BCUT2D eigenvalue weighted by atomic mass is 35.5. The smallest absolute Gasteiger partial charge is 0.131 e. The van der Waals surface area contributed by atoms with E-state index >= 15 is 0 Å². The van der Waals surface area contributed by atoms with Gasteiger partial charge in [-0.05, 0) is 30.7 Å². The van der Waals surface area contributed by atoms with Gasteiger partial charge in [0.15, 0.2) is 0 Å². The molecule has 1 heterocycles. The van der Waals surface area contributed by atoms with Gasteiger partial charge in [0.2, 0.25) is 0 Å². The number of halogens is 1. The number of nitrogens with zero attached hydrogens (tertiary/aromatic N) is 1. The van der Waals surface area contributed by atoms with Crippen molar-refractivity contribution in [3.05, 3.63) is 58.2 Å². The third kappa shape index (κ3) is 3.22. The summed E-state index contributed by atoms with van der Waals surface area (Å²) in [5.74, 6) is 0.854. The minimum atomic E-state index is 0.482. The predicted molar refractivity (Wildman–Crippen MR) is 75.6 cm³/mol. The van der Waals surface area contributed by atoms with Gasteiger partial charge in [-0.1, -0.05) is 29.8 Å². The number of benzene rings is 1. The lowest BCUT2D eigenvalue weighted by Crippen LogP contribution is -2.08. The Bertz CT molecular complexity index is 523. The van der Waals surface area contributed by atoms with Gasteiger partial charge in [-0.3, -0.25) is 0 Å². The van der Waals surface area contributed by atoms with Gasteiger partial charge in [0.1, 0.15) is 5.82 Å². The molecule has 2 aromatic rings. The normalized spacial score (nSPS) is 10.4. The molecule has 0 fully saturated rings. The number of hydrogen-bond donors (Lipinski definition) is 2. The van der Waals surface area contributed by atoms with E-state index in [-0.39, 0.29) is 0 Å². The maximum Gasteiger partial charge on any atom is 0.131 e. The molecule has 3 nitrogen and oxygen atoms in total. The Hall–Kier alpha value is -1.58. The van der Waals surface area contributed by atoms with Crippen LogP contribution in [-0.2, 0) is 13.1 Å². The highest BCUT2D eigenvalue weighted by Crippen LogP contribution is 2.15. The quantitative estimate of drug-likeness (QED) is 0.889. The second-order valence-electron chi connectivity index (χ2n) is 4.14. The summed E-state index contributed by atoms with van der Waals surface area (Å²) < 4.78 is 0. The van der Waals surface area contributed by atoms with E-state index < -0.39 is 0 Å². The molecule has 94 valence electrons. The largest absolute Gasteiger partial charge is 0.366 e. The molecule has 18 heavy (non-hydrogen) atoms. The number of hydrogen-bond acceptors (Lipinski definition) is 3. The standard InChI is InChI=1S/C14H16ClN3/c1-10-2-5-12(8-16)14(18-10)17-9-11-3-6-13(15)7-4-11/h2-7H,8-9,16H2,1H3,(H,17,18). The van der Waals surface area contributed by atoms with Crippen LogP contribution < -0.4 is 11.1 Å². The van der Waals surface area contributed by atoms with Crippen molar-refractivity contribution >= 4 is 17.4 Å². The lowest BCUT2D eigenvalue weighted by molar-refractivity contribution is 1.01. The van der Waals surface area contributed by atoms with Gasteiger partial charge in [-0.25, -0.2) is 4.98 Å². The maximum absolute atomic E-state index is 5.85. The molecule has 2 rings (SSSR count). The lowest BCUT2D eigenvalue weighted by atomic mass is 10.2. The van der Waals surface area contributed by atoms with Crippen molar-refractivity contribution in [3.63, 3.8) is 0 Å². The van der Waals surface area contributed by atoms with Gasteiger partial charge in [0, 0.05) is 29.4 Å². The summed E-state index contributed by atoms with van der Waals surface area (Å²) in [6.45, 7) is 3.16. The van der Waals surface area contributed by atoms with Crippen LogP contribution in [0.3, 0.4) is 0 Å². The van der Waals surface area contributed by atoms with Crippen LogP contribution >= 0.6 is 11.6 Å². The summed E-state index contributed by atoms with van der Waals surface area (Å²) in [5, 5.41) is 4.05. The minimum absolute atomic E-state index is 0.482. The topological polar surface area (TPSA) is 50.9 Å². The first kappa shape index (κ1) is 12.9. The van der Waals surface area contributed by atoms with Crippen LogP contribution in [0.2, 0.25) is 5.02 Å². The van der Waals surface area contributed by atoms with Crippen LogP contribution in [0.25, 0.3) is 0 Å². The molecule has 0 radical (unpaired) electrons. The van der Waals surface area contributed by atoms with Gasteiger partial charge in [0.25, 0.3) is 0 Å². The fourth-order valence-corrected chi connectivity index (χ4v) is 1.82. The lowest BCUT2D eigenvalue weighted by Gasteiger charge is -2.10. The zero-order chi connectivity index (χ0) is 13.0. The van der Waals surface area contributed by atoms with Crippen molar-refractivity contribution in [1.29, 1.82) is 0 Å². The van der Waals surface area contributed by atoms with Crippen molar-refractivity contribution in [2.24, 2.45) is 5.73 Å². The fourth-order valence-electron chi connectivity index (χ4n) is 1.69. The van der Waals surface area contributed by atoms with E-state index in [1.807, 2.05) is 43.3 Å². The van der Waals surface area contributed by atoms with Crippen LogP contribution in [0.5, 0.6) is 0 Å². The number of nitrogens with two attached hydrogens (primary N) is 1. The molecule has 0 aliphatic carbocycles. The van der Waals surface area contributed by atoms with E-state index in [4.69, 9.17) is 17.3 Å². The molecule has 0 bridgehead atoms. The molecule has 0 atom stereocenters. The molecular formula is C14H16ClN3. The van der Waals surface area contributed by atoms with Crippen LogP contribution in [-0.4, -0.2) is 4.98 Å². The number of aromatic nitrogens is 1. The summed E-state index contributed by atoms with van der Waals surface area (Å²) in [6.07, 6.45) is 0. The number of pyridine rings is 1. The average molecular weight is 262 g/mol. The molecule has 1 aromatic carbocycles. The van der Waals surface area contributed by atoms with E-state index in [0.29, 0.717) is 13.1 Å². The number of aryl methyl sites for hydroxylation is 1. The molecule has 3 N–H and O–H groups in total. The first-order chi connectivity index (χ1) is 8.69. The van der Waals surface area contributed by atoms with Crippen molar-refractivity contribution in [2.45, 2.75) is 20.0 Å². The first-order valence-electron chi connectivity index (χ1n) is 5.84. The highest BCUT2D eigenvalue weighted by molar-refractivity contribution is 6.30. The molecule has 0 saturated carbocycles. The molecule has 0 aliphatic rings. The molecule has 0 amide bonds. The average Bonchev–Trinajstić information content (AvgIpc) is 2.38. The van der Waals surface area contributed by atoms with Crippen LogP contribution in [0, 0.1) is 6.92 Å². The summed E-state index contributed by atoms with van der Waals surface area (Å²) in [4.78, 5) is 4.46. The van der Waals surface area contributed by atoms with Crippen molar-refractivity contribution in [1.82, 2.24) is 4.98 Å². The summed E-state index contributed by atoms with van der Waals surface area (Å²) in [6, 6.07) is 11.7. The Balaban J connectivity index is 2.09. The molecule has 0 aliphatic heterocycles. The summed E-state index contributed by atoms with van der Waals surface area (Å²) >= 11 is 5.85. The van der Waals surface area contributed by atoms with Gasteiger partial charge in [-0.15, -0.1) is 0 Å². The second kappa shape index (κ2) is 5.85. The molecular weight excluding hydrogens is 246 g/mol. The van der Waals surface area contributed by atoms with Crippen molar-refractivity contribution in [2.75, 3.05) is 5.32 Å². The Kier molecular flexibility index (Phi) is 4.18. The SMILES string of the molecule is Cc1ccc(CN)c(NCc2ccc(Cl)cc2)n1. The van der Waals surface area contributed by atoms with Crippen molar-refractivity contribution in [3.8, 4) is 0 Å². The number of anilines is 1. The number of nitrogens with one attached hydrogen (secondary N) is 1. The molecule has 0 spiro atoms. The van der Waals surface area contributed by atoms with E-state index in [1.165, 1.54) is 0 Å². The monoisotopic (exact) mass is 261 g/mol. The Morgan fingerprint density at radius 1 is 1.17 bits per heavy atom. The van der Waals surface area contributed by atoms with E-state index in [0.717, 1.165) is 27.7 Å². The van der Waals surface area contributed by atoms with Gasteiger partial charge in [0.05, 0.1) is 0 Å². The van der Waals surface area contributed by atoms with Gasteiger partial charge in [-0.2, -0.15) is 0 Å². The summed E-state index contributed by atoms with van der Waals surface area (Å²) in [7, 11) is 0. The fraction of sp³-hybridized carbons (Fsp3) is 0.214. The third-order valence-electron chi connectivity index (χ3n) is 2.71. The van der Waals surface area contributed by atoms with Crippen LogP contribution in [0.15, 0.2) is 36.4 Å². The number of rotatable bonds is 4. The van der Waals surface area contributed by atoms with E-state index in [2.05, 4.69) is 10.3 Å².